The molecular formula is C22H21N3O3. The Balaban J connectivity index is 1.59. The molecule has 142 valence electrons. The highest BCUT2D eigenvalue weighted by atomic mass is 16.5. The van der Waals surface area contributed by atoms with Crippen LogP contribution in [0.25, 0.3) is 0 Å². The van der Waals surface area contributed by atoms with Crippen LogP contribution in [0, 0.1) is 0 Å². The second-order valence-corrected chi connectivity index (χ2v) is 6.21. The summed E-state index contributed by atoms with van der Waals surface area (Å²) in [5.41, 5.74) is 3.54. The Labute approximate surface area is 163 Å². The summed E-state index contributed by atoms with van der Waals surface area (Å²) in [4.78, 5) is 28.6. The van der Waals surface area contributed by atoms with Crippen molar-refractivity contribution in [2.75, 3.05) is 12.4 Å². The predicted molar refractivity (Wildman–Crippen MR) is 107 cm³/mol. The van der Waals surface area contributed by atoms with E-state index in [1.54, 1.807) is 49.7 Å². The maximum atomic E-state index is 12.4. The maximum Gasteiger partial charge on any atom is 0.257 e. The molecule has 6 heteroatoms. The second-order valence-electron chi connectivity index (χ2n) is 6.21. The second kappa shape index (κ2) is 9.43. The Morgan fingerprint density at radius 3 is 2.39 bits per heavy atom. The van der Waals surface area contributed by atoms with Crippen molar-refractivity contribution >= 4 is 17.5 Å². The molecule has 28 heavy (non-hydrogen) atoms. The molecule has 2 N–H and O–H groups in total. The average Bonchev–Trinajstić information content (AvgIpc) is 2.74. The predicted octanol–water partition coefficient (Wildman–Crippen LogP) is 3.41. The molecule has 2 aromatic carbocycles. The normalized spacial score (nSPS) is 10.3. The van der Waals surface area contributed by atoms with Crippen molar-refractivity contribution in [3.8, 4) is 0 Å². The summed E-state index contributed by atoms with van der Waals surface area (Å²) in [5, 5.41) is 5.66. The minimum atomic E-state index is -0.276. The van der Waals surface area contributed by atoms with Crippen molar-refractivity contribution in [1.82, 2.24) is 10.3 Å². The highest BCUT2D eigenvalue weighted by Gasteiger charge is 2.09. The number of ether oxygens (including phenoxy) is 1. The first kappa shape index (κ1) is 19.3. The molecule has 3 aromatic rings. The van der Waals surface area contributed by atoms with Gasteiger partial charge in [-0.15, -0.1) is 0 Å². The summed E-state index contributed by atoms with van der Waals surface area (Å²) in [6.45, 7) is 0.975. The van der Waals surface area contributed by atoms with Gasteiger partial charge in [0, 0.05) is 37.3 Å². The number of carbonyl (C=O) groups excluding carboxylic acids is 2. The minimum Gasteiger partial charge on any atom is -0.380 e. The number of rotatable bonds is 7. The molecule has 0 atom stereocenters. The van der Waals surface area contributed by atoms with E-state index in [-0.39, 0.29) is 11.8 Å². The van der Waals surface area contributed by atoms with Gasteiger partial charge < -0.3 is 15.4 Å². The maximum absolute atomic E-state index is 12.4. The smallest absolute Gasteiger partial charge is 0.257 e. The summed E-state index contributed by atoms with van der Waals surface area (Å²) in [6.07, 6.45) is 3.09. The summed E-state index contributed by atoms with van der Waals surface area (Å²) in [5.74, 6) is -0.486. The van der Waals surface area contributed by atoms with E-state index in [9.17, 15) is 9.59 Å². The zero-order chi connectivity index (χ0) is 19.8. The summed E-state index contributed by atoms with van der Waals surface area (Å²) in [7, 11) is 1.65. The molecule has 0 radical (unpaired) electrons. The molecule has 6 nitrogen and oxygen atoms in total. The molecule has 2 amide bonds. The van der Waals surface area contributed by atoms with Gasteiger partial charge in [-0.2, -0.15) is 0 Å². The lowest BCUT2D eigenvalue weighted by atomic mass is 10.1. The van der Waals surface area contributed by atoms with Crippen LogP contribution in [0.3, 0.4) is 0 Å². The third-order valence-electron chi connectivity index (χ3n) is 4.09. The van der Waals surface area contributed by atoms with Gasteiger partial charge >= 0.3 is 0 Å². The summed E-state index contributed by atoms with van der Waals surface area (Å²) >= 11 is 0. The van der Waals surface area contributed by atoms with E-state index in [1.165, 1.54) is 6.20 Å². The lowest BCUT2D eigenvalue weighted by Crippen LogP contribution is -2.23. The van der Waals surface area contributed by atoms with Crippen LogP contribution in [0.1, 0.15) is 31.8 Å². The molecule has 1 heterocycles. The number of nitrogens with zero attached hydrogens (tertiary/aromatic N) is 1. The number of carbonyl (C=O) groups is 2. The van der Waals surface area contributed by atoms with E-state index in [1.807, 2.05) is 24.3 Å². The van der Waals surface area contributed by atoms with Crippen molar-refractivity contribution in [3.63, 3.8) is 0 Å². The molecule has 0 saturated heterocycles. The van der Waals surface area contributed by atoms with Crippen LogP contribution in [0.5, 0.6) is 0 Å². The monoisotopic (exact) mass is 375 g/mol. The van der Waals surface area contributed by atoms with Crippen molar-refractivity contribution in [2.45, 2.75) is 13.2 Å². The summed E-state index contributed by atoms with van der Waals surface area (Å²) < 4.78 is 5.09. The molecule has 0 aliphatic carbocycles. The number of methoxy groups -OCH3 is 1. The Morgan fingerprint density at radius 2 is 1.68 bits per heavy atom. The number of hydrogen-bond acceptors (Lipinski definition) is 4. The highest BCUT2D eigenvalue weighted by Crippen LogP contribution is 2.13. The number of benzene rings is 2. The van der Waals surface area contributed by atoms with Gasteiger partial charge in [0.15, 0.2) is 0 Å². The van der Waals surface area contributed by atoms with E-state index < -0.39 is 0 Å². The topological polar surface area (TPSA) is 80.3 Å². The average molecular weight is 375 g/mol. The van der Waals surface area contributed by atoms with Crippen LogP contribution in [0.4, 0.5) is 5.69 Å². The van der Waals surface area contributed by atoms with Crippen LogP contribution in [-0.2, 0) is 17.9 Å². The van der Waals surface area contributed by atoms with Crippen molar-refractivity contribution in [1.29, 1.82) is 0 Å². The third-order valence-corrected chi connectivity index (χ3v) is 4.09. The van der Waals surface area contributed by atoms with Gasteiger partial charge in [0.2, 0.25) is 0 Å². The molecule has 0 fully saturated rings. The fraction of sp³-hybridized carbons (Fsp3) is 0.136. The standard InChI is InChI=1S/C22H21N3O3/c1-28-15-17-9-7-16(8-10-17)13-24-21(26)18-4-2-6-20(12-18)25-22(27)19-5-3-11-23-14-19/h2-12,14H,13,15H2,1H3,(H,24,26)(H,25,27). The first-order valence-electron chi connectivity index (χ1n) is 8.82. The van der Waals surface area contributed by atoms with Crippen molar-refractivity contribution in [2.24, 2.45) is 0 Å². The lowest BCUT2D eigenvalue weighted by molar-refractivity contribution is 0.0949. The molecular weight excluding hydrogens is 354 g/mol. The molecule has 0 aliphatic heterocycles. The molecule has 0 bridgehead atoms. The molecule has 0 unspecified atom stereocenters. The largest absolute Gasteiger partial charge is 0.380 e. The van der Waals surface area contributed by atoms with Gasteiger partial charge in [0.1, 0.15) is 0 Å². The van der Waals surface area contributed by atoms with E-state index in [4.69, 9.17) is 4.74 Å². The Hall–Kier alpha value is -3.51. The highest BCUT2D eigenvalue weighted by molar-refractivity contribution is 6.04. The molecule has 0 spiro atoms. The zero-order valence-corrected chi connectivity index (χ0v) is 15.5. The number of aromatic nitrogens is 1. The SMILES string of the molecule is COCc1ccc(CNC(=O)c2cccc(NC(=O)c3cccnc3)c2)cc1. The van der Waals surface area contributed by atoms with Crippen LogP contribution in [-0.4, -0.2) is 23.9 Å². The van der Waals surface area contributed by atoms with Crippen LogP contribution >= 0.6 is 0 Å². The fourth-order valence-electron chi connectivity index (χ4n) is 2.64. The Morgan fingerprint density at radius 1 is 0.929 bits per heavy atom. The summed E-state index contributed by atoms with van der Waals surface area (Å²) in [6, 6.07) is 18.0. The Bertz CT molecular complexity index is 941. The Kier molecular flexibility index (Phi) is 6.49. The minimum absolute atomic E-state index is 0.210. The number of anilines is 1. The number of pyridine rings is 1. The van der Waals surface area contributed by atoms with Crippen molar-refractivity contribution in [3.05, 3.63) is 95.3 Å². The van der Waals surface area contributed by atoms with E-state index in [2.05, 4.69) is 15.6 Å². The number of hydrogen-bond donors (Lipinski definition) is 2. The molecule has 1 aromatic heterocycles. The fourth-order valence-corrected chi connectivity index (χ4v) is 2.64. The van der Waals surface area contributed by atoms with Gasteiger partial charge in [-0.3, -0.25) is 14.6 Å². The van der Waals surface area contributed by atoms with Gasteiger partial charge in [0.25, 0.3) is 11.8 Å². The van der Waals surface area contributed by atoms with E-state index >= 15 is 0 Å². The number of amides is 2. The van der Waals surface area contributed by atoms with Gasteiger partial charge in [-0.25, -0.2) is 0 Å². The van der Waals surface area contributed by atoms with Gasteiger partial charge in [0.05, 0.1) is 12.2 Å². The van der Waals surface area contributed by atoms with E-state index in [0.717, 1.165) is 11.1 Å². The van der Waals surface area contributed by atoms with Gasteiger partial charge in [-0.05, 0) is 41.5 Å². The quantitative estimate of drug-likeness (QED) is 0.663. The van der Waals surface area contributed by atoms with E-state index in [0.29, 0.717) is 30.0 Å². The van der Waals surface area contributed by atoms with Crippen LogP contribution in [0.15, 0.2) is 73.1 Å². The molecule has 3 rings (SSSR count). The van der Waals surface area contributed by atoms with Gasteiger partial charge in [-0.1, -0.05) is 30.3 Å². The van der Waals surface area contributed by atoms with Crippen molar-refractivity contribution < 1.29 is 14.3 Å². The first-order chi connectivity index (χ1) is 13.7. The lowest BCUT2D eigenvalue weighted by Gasteiger charge is -2.09. The number of nitrogens with one attached hydrogen (secondary N) is 2. The zero-order valence-electron chi connectivity index (χ0n) is 15.5. The molecule has 0 aliphatic rings. The molecule has 0 saturated carbocycles. The first-order valence-corrected chi connectivity index (χ1v) is 8.82. The van der Waals surface area contributed by atoms with Crippen LogP contribution in [0.2, 0.25) is 0 Å². The third kappa shape index (κ3) is 5.25. The van der Waals surface area contributed by atoms with Crippen LogP contribution < -0.4 is 10.6 Å².